The van der Waals surface area contributed by atoms with Crippen molar-refractivity contribution in [3.63, 3.8) is 0 Å². The number of hydrogen-bond acceptors (Lipinski definition) is 4. The highest BCUT2D eigenvalue weighted by molar-refractivity contribution is 5.72. The molecule has 1 atom stereocenters. The maximum Gasteiger partial charge on any atom is 0.573 e. The first-order valence-corrected chi connectivity index (χ1v) is 8.15. The number of hydrogen-bond donors (Lipinski definition) is 1. The lowest BCUT2D eigenvalue weighted by Crippen LogP contribution is -2.40. The van der Waals surface area contributed by atoms with Gasteiger partial charge in [-0.05, 0) is 30.5 Å². The van der Waals surface area contributed by atoms with Gasteiger partial charge in [0.05, 0.1) is 5.92 Å². The summed E-state index contributed by atoms with van der Waals surface area (Å²) in [5, 5.41) is 9.57. The Bertz CT molecular complexity index is 629. The van der Waals surface area contributed by atoms with Gasteiger partial charge in [-0.1, -0.05) is 12.1 Å². The van der Waals surface area contributed by atoms with Crippen LogP contribution >= 0.6 is 0 Å². The summed E-state index contributed by atoms with van der Waals surface area (Å²) in [7, 11) is 0. The molecule has 1 aromatic rings. The molecule has 2 saturated heterocycles. The number of carboxylic acids is 1. The summed E-state index contributed by atoms with van der Waals surface area (Å²) in [6, 6.07) is 5.82. The molecule has 0 bridgehead atoms. The van der Waals surface area contributed by atoms with Crippen LogP contribution in [0.2, 0.25) is 0 Å². The predicted octanol–water partition coefficient (Wildman–Crippen LogP) is 2.90. The van der Waals surface area contributed by atoms with Crippen LogP contribution in [0.5, 0.6) is 5.75 Å². The maximum absolute atomic E-state index is 12.3. The van der Waals surface area contributed by atoms with E-state index in [1.54, 1.807) is 6.07 Å². The van der Waals surface area contributed by atoms with E-state index in [1.807, 2.05) is 4.90 Å². The molecule has 5 nitrogen and oxygen atoms in total. The quantitative estimate of drug-likeness (QED) is 0.896. The summed E-state index contributed by atoms with van der Waals surface area (Å²) in [6.45, 7) is 2.48. The smallest absolute Gasteiger partial charge is 0.481 e. The van der Waals surface area contributed by atoms with Crippen molar-refractivity contribution in [1.82, 2.24) is 4.90 Å². The Morgan fingerprint density at radius 2 is 2.08 bits per heavy atom. The minimum absolute atomic E-state index is 0.264. The normalized spacial score (nSPS) is 23.7. The van der Waals surface area contributed by atoms with Crippen LogP contribution in [0, 0.1) is 11.3 Å². The van der Waals surface area contributed by atoms with Crippen molar-refractivity contribution in [3.8, 4) is 5.75 Å². The second-order valence-electron chi connectivity index (χ2n) is 6.73. The van der Waals surface area contributed by atoms with Gasteiger partial charge in [0.2, 0.25) is 0 Å². The molecule has 2 heterocycles. The van der Waals surface area contributed by atoms with E-state index in [2.05, 4.69) is 4.74 Å². The average Bonchev–Trinajstić information content (AvgIpc) is 2.84. The number of benzene rings is 1. The van der Waals surface area contributed by atoms with E-state index in [0.717, 1.165) is 0 Å². The third kappa shape index (κ3) is 4.24. The van der Waals surface area contributed by atoms with E-state index >= 15 is 0 Å². The maximum atomic E-state index is 12.3. The van der Waals surface area contributed by atoms with Gasteiger partial charge in [0.1, 0.15) is 5.75 Å². The second kappa shape index (κ2) is 6.84. The lowest BCUT2D eigenvalue weighted by molar-refractivity contribution is -0.274. The summed E-state index contributed by atoms with van der Waals surface area (Å²) in [4.78, 5) is 13.7. The lowest BCUT2D eigenvalue weighted by atomic mass is 9.72. The van der Waals surface area contributed by atoms with Crippen molar-refractivity contribution in [2.45, 2.75) is 25.7 Å². The van der Waals surface area contributed by atoms with Crippen LogP contribution in [0.25, 0.3) is 0 Å². The number of carboxylic acid groups (broad SMARTS) is 1. The van der Waals surface area contributed by atoms with Gasteiger partial charge < -0.3 is 14.6 Å². The molecule has 8 heteroatoms. The minimum Gasteiger partial charge on any atom is -0.481 e. The third-order valence-electron chi connectivity index (χ3n) is 5.04. The first-order valence-electron chi connectivity index (χ1n) is 8.15. The molecule has 0 aromatic heterocycles. The molecule has 0 radical (unpaired) electrons. The molecule has 0 aliphatic carbocycles. The van der Waals surface area contributed by atoms with Crippen LogP contribution in [0.4, 0.5) is 13.2 Å². The summed E-state index contributed by atoms with van der Waals surface area (Å²) >= 11 is 0. The van der Waals surface area contributed by atoms with Crippen LogP contribution in [-0.2, 0) is 16.1 Å². The fraction of sp³-hybridized carbons (Fsp3) is 0.588. The molecule has 3 rings (SSSR count). The van der Waals surface area contributed by atoms with E-state index in [4.69, 9.17) is 4.74 Å². The molecule has 1 spiro atoms. The number of ether oxygens (including phenoxy) is 2. The third-order valence-corrected chi connectivity index (χ3v) is 5.04. The van der Waals surface area contributed by atoms with Gasteiger partial charge in [-0.15, -0.1) is 13.2 Å². The molecular weight excluding hydrogens is 339 g/mol. The van der Waals surface area contributed by atoms with E-state index in [-0.39, 0.29) is 11.2 Å². The Hall–Kier alpha value is -1.80. The van der Waals surface area contributed by atoms with Gasteiger partial charge in [0.15, 0.2) is 0 Å². The zero-order valence-corrected chi connectivity index (χ0v) is 13.6. The van der Waals surface area contributed by atoms with Gasteiger partial charge in [0, 0.05) is 38.3 Å². The van der Waals surface area contributed by atoms with Crippen molar-refractivity contribution >= 4 is 5.97 Å². The molecule has 2 fully saturated rings. The highest BCUT2D eigenvalue weighted by Gasteiger charge is 2.50. The Morgan fingerprint density at radius 3 is 2.72 bits per heavy atom. The van der Waals surface area contributed by atoms with Crippen LogP contribution in [0.15, 0.2) is 24.3 Å². The number of nitrogens with zero attached hydrogens (tertiary/aromatic N) is 1. The van der Waals surface area contributed by atoms with Crippen LogP contribution in [-0.4, -0.2) is 48.6 Å². The van der Waals surface area contributed by atoms with Crippen molar-refractivity contribution < 1.29 is 32.5 Å². The van der Waals surface area contributed by atoms with E-state index < -0.39 is 18.2 Å². The second-order valence-corrected chi connectivity index (χ2v) is 6.73. The summed E-state index contributed by atoms with van der Waals surface area (Å²) < 4.78 is 46.4. The molecule has 1 unspecified atom stereocenters. The highest BCUT2D eigenvalue weighted by Crippen LogP contribution is 2.44. The van der Waals surface area contributed by atoms with Crippen molar-refractivity contribution in [3.05, 3.63) is 29.8 Å². The summed E-state index contributed by atoms with van der Waals surface area (Å²) in [6.07, 6.45) is -3.35. The largest absolute Gasteiger partial charge is 0.573 e. The predicted molar refractivity (Wildman–Crippen MR) is 82.0 cm³/mol. The Balaban J connectivity index is 1.71. The fourth-order valence-corrected chi connectivity index (χ4v) is 3.92. The van der Waals surface area contributed by atoms with Crippen molar-refractivity contribution in [2.75, 3.05) is 26.3 Å². The molecule has 2 aliphatic heterocycles. The molecule has 25 heavy (non-hydrogen) atoms. The van der Waals surface area contributed by atoms with E-state index in [9.17, 15) is 23.1 Å². The minimum atomic E-state index is -4.73. The fourth-order valence-electron chi connectivity index (χ4n) is 3.92. The van der Waals surface area contributed by atoms with Gasteiger partial charge in [-0.2, -0.15) is 0 Å². The SMILES string of the molecule is O=C(O)C1CN(Cc2cccc(OC(F)(F)F)c2)CC12CCOCC2. The molecule has 0 amide bonds. The molecule has 1 aromatic carbocycles. The highest BCUT2D eigenvalue weighted by atomic mass is 19.4. The van der Waals surface area contributed by atoms with Gasteiger partial charge in [-0.25, -0.2) is 0 Å². The Morgan fingerprint density at radius 1 is 1.36 bits per heavy atom. The summed E-state index contributed by atoms with van der Waals surface area (Å²) in [5.41, 5.74) is 0.347. The monoisotopic (exact) mass is 359 g/mol. The Labute approximate surface area is 143 Å². The number of halogens is 3. The van der Waals surface area contributed by atoms with E-state index in [1.165, 1.54) is 18.2 Å². The Kier molecular flexibility index (Phi) is 4.92. The number of aliphatic carboxylic acids is 1. The molecule has 1 N–H and O–H groups in total. The zero-order chi connectivity index (χ0) is 18.1. The van der Waals surface area contributed by atoms with E-state index in [0.29, 0.717) is 51.3 Å². The number of alkyl halides is 3. The number of carbonyl (C=O) groups is 1. The van der Waals surface area contributed by atoms with Gasteiger partial charge >= 0.3 is 12.3 Å². The van der Waals surface area contributed by atoms with Crippen molar-refractivity contribution in [2.24, 2.45) is 11.3 Å². The molecule has 0 saturated carbocycles. The first-order chi connectivity index (χ1) is 11.8. The van der Waals surface area contributed by atoms with Crippen molar-refractivity contribution in [1.29, 1.82) is 0 Å². The van der Waals surface area contributed by atoms with Gasteiger partial charge in [0.25, 0.3) is 0 Å². The molecule has 138 valence electrons. The van der Waals surface area contributed by atoms with Crippen LogP contribution in [0.1, 0.15) is 18.4 Å². The zero-order valence-electron chi connectivity index (χ0n) is 13.6. The van der Waals surface area contributed by atoms with Crippen LogP contribution in [0.3, 0.4) is 0 Å². The summed E-state index contributed by atoms with van der Waals surface area (Å²) in [5.74, 6) is -1.57. The standard InChI is InChI=1S/C17H20F3NO4/c18-17(19,20)25-13-3-1-2-12(8-13)9-21-10-14(15(22)23)16(11-21)4-6-24-7-5-16/h1-3,8,14H,4-7,9-11H2,(H,22,23). The van der Waals surface area contributed by atoms with Crippen LogP contribution < -0.4 is 4.74 Å². The number of rotatable bonds is 4. The molecule has 2 aliphatic rings. The first kappa shape index (κ1) is 18.0. The average molecular weight is 359 g/mol. The van der Waals surface area contributed by atoms with Gasteiger partial charge in [-0.3, -0.25) is 9.69 Å². The number of likely N-dealkylation sites (tertiary alicyclic amines) is 1. The topological polar surface area (TPSA) is 59.0 Å². The lowest BCUT2D eigenvalue weighted by Gasteiger charge is -2.36. The molecular formula is C17H20F3NO4.